The first-order valence-electron chi connectivity index (χ1n) is 7.09. The van der Waals surface area contributed by atoms with Crippen LogP contribution in [0.1, 0.15) is 37.7 Å². The van der Waals surface area contributed by atoms with E-state index in [0.29, 0.717) is 18.4 Å². The van der Waals surface area contributed by atoms with Crippen LogP contribution in [0.5, 0.6) is 0 Å². The minimum atomic E-state index is -0.857. The summed E-state index contributed by atoms with van der Waals surface area (Å²) in [5.74, 6) is -1.23. The summed E-state index contributed by atoms with van der Waals surface area (Å²) < 4.78 is 0. The zero-order valence-electron chi connectivity index (χ0n) is 11.9. The second-order valence-electron chi connectivity index (χ2n) is 5.47. The molecule has 7 nitrogen and oxygen atoms in total. The van der Waals surface area contributed by atoms with Gasteiger partial charge in [-0.05, 0) is 25.3 Å². The van der Waals surface area contributed by atoms with Crippen molar-refractivity contribution in [3.05, 3.63) is 27.9 Å². The summed E-state index contributed by atoms with van der Waals surface area (Å²) in [4.78, 5) is 26.1. The Morgan fingerprint density at radius 2 is 2.14 bits per heavy atom. The van der Waals surface area contributed by atoms with E-state index >= 15 is 0 Å². The van der Waals surface area contributed by atoms with Gasteiger partial charge in [0.1, 0.15) is 0 Å². The normalized spacial score (nSPS) is 22.3. The lowest BCUT2D eigenvalue weighted by Gasteiger charge is -2.23. The van der Waals surface area contributed by atoms with Gasteiger partial charge in [0, 0.05) is 18.3 Å². The molecule has 0 amide bonds. The number of aromatic nitrogens is 1. The molecule has 21 heavy (non-hydrogen) atoms. The highest BCUT2D eigenvalue weighted by Gasteiger charge is 2.31. The minimum Gasteiger partial charge on any atom is -0.481 e. The van der Waals surface area contributed by atoms with Crippen LogP contribution >= 0.6 is 0 Å². The molecule has 1 aromatic rings. The molecule has 1 aromatic heterocycles. The number of carboxylic acids is 1. The highest BCUT2D eigenvalue weighted by molar-refractivity contribution is 5.72. The van der Waals surface area contributed by atoms with Crippen LogP contribution in [0.4, 0.5) is 11.5 Å². The number of aryl methyl sites for hydroxylation is 1. The molecule has 7 heteroatoms. The fourth-order valence-electron chi connectivity index (χ4n) is 2.76. The molecule has 2 N–H and O–H groups in total. The Morgan fingerprint density at radius 3 is 2.81 bits per heavy atom. The van der Waals surface area contributed by atoms with Gasteiger partial charge in [-0.15, -0.1) is 0 Å². The van der Waals surface area contributed by atoms with E-state index in [0.717, 1.165) is 19.3 Å². The van der Waals surface area contributed by atoms with Crippen LogP contribution in [0, 0.1) is 23.0 Å². The second kappa shape index (κ2) is 6.51. The van der Waals surface area contributed by atoms with Crippen molar-refractivity contribution in [1.82, 2.24) is 4.98 Å². The predicted molar refractivity (Wildman–Crippen MR) is 77.2 cm³/mol. The summed E-state index contributed by atoms with van der Waals surface area (Å²) in [7, 11) is 0. The minimum absolute atomic E-state index is 0.108. The average Bonchev–Trinajstić information content (AvgIpc) is 2.66. The van der Waals surface area contributed by atoms with Gasteiger partial charge >= 0.3 is 11.7 Å². The van der Waals surface area contributed by atoms with Gasteiger partial charge in [0.25, 0.3) is 0 Å². The third-order valence-electron chi connectivity index (χ3n) is 3.86. The lowest BCUT2D eigenvalue weighted by Crippen LogP contribution is -2.34. The van der Waals surface area contributed by atoms with Crippen LogP contribution < -0.4 is 5.32 Å². The van der Waals surface area contributed by atoms with E-state index in [-0.39, 0.29) is 17.5 Å². The summed E-state index contributed by atoms with van der Waals surface area (Å²) in [6, 6.07) is 1.13. The third-order valence-corrected chi connectivity index (χ3v) is 3.86. The zero-order valence-corrected chi connectivity index (χ0v) is 11.9. The Kier molecular flexibility index (Phi) is 4.72. The number of pyridine rings is 1. The molecule has 2 atom stereocenters. The number of anilines is 1. The maximum absolute atomic E-state index is 11.4. The summed E-state index contributed by atoms with van der Waals surface area (Å²) in [5.41, 5.74) is 0.589. The number of nitrogens with zero attached hydrogens (tertiary/aromatic N) is 2. The van der Waals surface area contributed by atoms with Gasteiger partial charge in [0.15, 0.2) is 0 Å². The molecule has 1 saturated carbocycles. The van der Waals surface area contributed by atoms with E-state index in [1.54, 1.807) is 13.1 Å². The molecule has 2 unspecified atom stereocenters. The molecular weight excluding hydrogens is 274 g/mol. The Bertz CT molecular complexity index is 547. The van der Waals surface area contributed by atoms with Crippen molar-refractivity contribution < 1.29 is 14.8 Å². The van der Waals surface area contributed by atoms with E-state index in [4.69, 9.17) is 0 Å². The largest absolute Gasteiger partial charge is 0.481 e. The van der Waals surface area contributed by atoms with Crippen molar-refractivity contribution in [2.75, 3.05) is 5.32 Å². The first-order valence-corrected chi connectivity index (χ1v) is 7.09. The summed E-state index contributed by atoms with van der Waals surface area (Å²) in [6.07, 6.45) is 5.60. The fraction of sp³-hybridized carbons (Fsp3) is 0.571. The van der Waals surface area contributed by atoms with E-state index < -0.39 is 16.8 Å². The van der Waals surface area contributed by atoms with E-state index in [9.17, 15) is 20.0 Å². The molecule has 1 aliphatic carbocycles. The molecule has 114 valence electrons. The summed E-state index contributed by atoms with van der Waals surface area (Å²) in [5, 5.41) is 23.4. The summed E-state index contributed by atoms with van der Waals surface area (Å²) in [6.45, 7) is 1.73. The predicted octanol–water partition coefficient (Wildman–Crippen LogP) is 2.74. The highest BCUT2D eigenvalue weighted by atomic mass is 16.6. The van der Waals surface area contributed by atoms with Gasteiger partial charge in [-0.3, -0.25) is 14.9 Å². The lowest BCUT2D eigenvalue weighted by molar-refractivity contribution is -0.384. The highest BCUT2D eigenvalue weighted by Crippen LogP contribution is 2.29. The first kappa shape index (κ1) is 15.2. The number of carbonyl (C=O) groups is 1. The van der Waals surface area contributed by atoms with Gasteiger partial charge in [-0.2, -0.15) is 0 Å². The molecule has 0 aliphatic heterocycles. The number of hydrogen-bond donors (Lipinski definition) is 2. The molecule has 1 heterocycles. The fourth-order valence-corrected chi connectivity index (χ4v) is 2.76. The van der Waals surface area contributed by atoms with Crippen LogP contribution in [0.2, 0.25) is 0 Å². The van der Waals surface area contributed by atoms with Crippen molar-refractivity contribution >= 4 is 17.5 Å². The molecule has 0 spiro atoms. The number of nitro groups is 1. The maximum atomic E-state index is 11.4. The molecule has 0 radical (unpaired) electrons. The molecule has 0 saturated heterocycles. The topological polar surface area (TPSA) is 105 Å². The van der Waals surface area contributed by atoms with Gasteiger partial charge in [0.2, 0.25) is 5.82 Å². The van der Waals surface area contributed by atoms with Crippen LogP contribution in [-0.2, 0) is 4.79 Å². The van der Waals surface area contributed by atoms with Crippen molar-refractivity contribution in [1.29, 1.82) is 0 Å². The second-order valence-corrected chi connectivity index (χ2v) is 5.47. The van der Waals surface area contributed by atoms with E-state index in [1.807, 2.05) is 0 Å². The third kappa shape index (κ3) is 3.68. The van der Waals surface area contributed by atoms with E-state index in [2.05, 4.69) is 10.3 Å². The SMILES string of the molecule is Cc1cnc(NC2CCCCCC2C(=O)O)c([N+](=O)[O-])c1. The molecular formula is C14H19N3O4. The van der Waals surface area contributed by atoms with Crippen molar-refractivity contribution in [2.45, 2.75) is 45.1 Å². The Hall–Kier alpha value is -2.18. The van der Waals surface area contributed by atoms with Gasteiger partial charge in [-0.1, -0.05) is 19.3 Å². The average molecular weight is 293 g/mol. The number of aliphatic carboxylic acids is 1. The smallest absolute Gasteiger partial charge is 0.311 e. The number of hydrogen-bond acceptors (Lipinski definition) is 5. The Labute approximate surface area is 122 Å². The Morgan fingerprint density at radius 1 is 1.43 bits per heavy atom. The maximum Gasteiger partial charge on any atom is 0.311 e. The van der Waals surface area contributed by atoms with Crippen molar-refractivity contribution in [3.8, 4) is 0 Å². The number of carboxylic acid groups (broad SMARTS) is 1. The van der Waals surface area contributed by atoms with Crippen LogP contribution in [0.25, 0.3) is 0 Å². The molecule has 1 fully saturated rings. The molecule has 2 rings (SSSR count). The number of rotatable bonds is 4. The van der Waals surface area contributed by atoms with Crippen LogP contribution in [-0.4, -0.2) is 27.0 Å². The number of nitrogens with one attached hydrogen (secondary N) is 1. The molecule has 1 aliphatic rings. The summed E-state index contributed by atoms with van der Waals surface area (Å²) >= 11 is 0. The monoisotopic (exact) mass is 293 g/mol. The van der Waals surface area contributed by atoms with Crippen molar-refractivity contribution in [3.63, 3.8) is 0 Å². The quantitative estimate of drug-likeness (QED) is 0.502. The zero-order chi connectivity index (χ0) is 15.4. The van der Waals surface area contributed by atoms with Crippen LogP contribution in [0.3, 0.4) is 0 Å². The lowest BCUT2D eigenvalue weighted by atomic mass is 9.95. The Balaban J connectivity index is 2.26. The van der Waals surface area contributed by atoms with Gasteiger partial charge in [0.05, 0.1) is 10.8 Å². The van der Waals surface area contributed by atoms with Gasteiger partial charge in [-0.25, -0.2) is 4.98 Å². The van der Waals surface area contributed by atoms with Crippen molar-refractivity contribution in [2.24, 2.45) is 5.92 Å². The van der Waals surface area contributed by atoms with Gasteiger partial charge < -0.3 is 10.4 Å². The standard InChI is InChI=1S/C14H19N3O4/c1-9-7-12(17(20)21)13(15-8-9)16-11-6-4-2-3-5-10(11)14(18)19/h7-8,10-11H,2-6H2,1H3,(H,15,16)(H,18,19). The van der Waals surface area contributed by atoms with E-state index in [1.165, 1.54) is 6.07 Å². The molecule has 0 aromatic carbocycles. The first-order chi connectivity index (χ1) is 9.99. The molecule has 0 bridgehead atoms. The van der Waals surface area contributed by atoms with Crippen LogP contribution in [0.15, 0.2) is 12.3 Å².